The number of nitrogens with one attached hydrogen (secondary N) is 1. The van der Waals surface area contributed by atoms with Crippen LogP contribution >= 0.6 is 23.2 Å². The van der Waals surface area contributed by atoms with Crippen LogP contribution in [0.3, 0.4) is 0 Å². The van der Waals surface area contributed by atoms with Crippen molar-refractivity contribution in [3.05, 3.63) is 56.1 Å². The first-order chi connectivity index (χ1) is 12.6. The smallest absolute Gasteiger partial charge is 0.272 e. The number of carbonyl (C=O) groups excluding carboxylic acids is 1. The number of non-ortho nitro benzene ring substituents is 1. The van der Waals surface area contributed by atoms with E-state index >= 15 is 0 Å². The van der Waals surface area contributed by atoms with Gasteiger partial charge in [0.1, 0.15) is 5.75 Å². The average Bonchev–Trinajstić information content (AvgIpc) is 2.82. The summed E-state index contributed by atoms with van der Waals surface area (Å²) in [5, 5.41) is 13.3. The molecule has 0 radical (unpaired) electrons. The number of nitrogens with zero attached hydrogens (tertiary/aromatic N) is 1. The van der Waals surface area contributed by atoms with Crippen LogP contribution in [0.2, 0.25) is 10.0 Å². The molecule has 27 heavy (non-hydrogen) atoms. The minimum atomic E-state index is -2.89. The summed E-state index contributed by atoms with van der Waals surface area (Å²) in [6.07, 6.45) is -1.14. The van der Waals surface area contributed by atoms with Crippen molar-refractivity contribution in [1.29, 1.82) is 0 Å². The van der Waals surface area contributed by atoms with Gasteiger partial charge < -0.3 is 10.1 Å². The van der Waals surface area contributed by atoms with Crippen LogP contribution in [0.15, 0.2) is 30.3 Å². The van der Waals surface area contributed by atoms with Gasteiger partial charge in [-0.05, 0) is 23.8 Å². The van der Waals surface area contributed by atoms with Crippen LogP contribution in [0, 0.1) is 10.1 Å². The van der Waals surface area contributed by atoms with E-state index in [1.165, 1.54) is 12.1 Å². The van der Waals surface area contributed by atoms with Crippen molar-refractivity contribution < 1.29 is 23.2 Å². The lowest BCUT2D eigenvalue weighted by Gasteiger charge is -2.43. The summed E-state index contributed by atoms with van der Waals surface area (Å²) in [7, 11) is 0. The second-order valence-electron chi connectivity index (χ2n) is 6.55. The topological polar surface area (TPSA) is 81.5 Å². The van der Waals surface area contributed by atoms with Crippen LogP contribution in [0.1, 0.15) is 18.4 Å². The van der Waals surface area contributed by atoms with Gasteiger partial charge in [0.05, 0.1) is 20.4 Å². The number of fused-ring (bicyclic) bond motifs is 2. The van der Waals surface area contributed by atoms with Gasteiger partial charge in [-0.15, -0.1) is 0 Å². The Kier molecular flexibility index (Phi) is 3.83. The van der Waals surface area contributed by atoms with Crippen LogP contribution in [0.5, 0.6) is 11.5 Å². The molecule has 1 N–H and O–H groups in total. The molecule has 1 aliphatic heterocycles. The van der Waals surface area contributed by atoms with Crippen molar-refractivity contribution >= 4 is 40.5 Å². The zero-order valence-corrected chi connectivity index (χ0v) is 14.9. The van der Waals surface area contributed by atoms with Gasteiger partial charge in [0.2, 0.25) is 5.91 Å². The second-order valence-corrected chi connectivity index (χ2v) is 7.37. The molecular formula is C17H10Cl2F2N2O4. The number of amides is 1. The monoisotopic (exact) mass is 414 g/mol. The van der Waals surface area contributed by atoms with Crippen molar-refractivity contribution in [2.45, 2.75) is 24.2 Å². The fraction of sp³-hybridized carbons (Fsp3) is 0.235. The SMILES string of the molecule is O=C1Nc2ccc(Oc3c(Cl)cc([N+](=O)[O-])cc3Cl)cc2C12CC(F)(F)C2. The Morgan fingerprint density at radius 2 is 1.78 bits per heavy atom. The molecule has 10 heteroatoms. The van der Waals surface area contributed by atoms with Crippen molar-refractivity contribution in [3.63, 3.8) is 0 Å². The Morgan fingerprint density at radius 1 is 1.15 bits per heavy atom. The van der Waals surface area contributed by atoms with Gasteiger partial charge in [-0.25, -0.2) is 8.78 Å². The minimum absolute atomic E-state index is 0.00541. The summed E-state index contributed by atoms with van der Waals surface area (Å²) in [6.45, 7) is 0. The van der Waals surface area contributed by atoms with Gasteiger partial charge in [-0.2, -0.15) is 0 Å². The Bertz CT molecular complexity index is 981. The van der Waals surface area contributed by atoms with E-state index in [0.29, 0.717) is 11.3 Å². The Balaban J connectivity index is 1.69. The van der Waals surface area contributed by atoms with Crippen molar-refractivity contribution in [2.24, 2.45) is 0 Å². The highest BCUT2D eigenvalue weighted by Crippen LogP contribution is 2.58. The number of hydrogen-bond acceptors (Lipinski definition) is 4. The number of nitro benzene ring substituents is 1. The maximum Gasteiger partial charge on any atom is 0.272 e. The summed E-state index contributed by atoms with van der Waals surface area (Å²) in [6, 6.07) is 6.73. The van der Waals surface area contributed by atoms with E-state index in [2.05, 4.69) is 5.32 Å². The van der Waals surface area contributed by atoms with E-state index in [1.807, 2.05) is 0 Å². The predicted octanol–water partition coefficient (Wildman–Crippen LogP) is 5.31. The maximum absolute atomic E-state index is 13.5. The molecular weight excluding hydrogens is 405 g/mol. The molecule has 0 aromatic heterocycles. The summed E-state index contributed by atoms with van der Waals surface area (Å²) in [5.41, 5.74) is -0.702. The van der Waals surface area contributed by atoms with Crippen LogP contribution < -0.4 is 10.1 Å². The van der Waals surface area contributed by atoms with Crippen molar-refractivity contribution in [2.75, 3.05) is 5.32 Å². The normalized spacial score (nSPS) is 18.6. The number of nitro groups is 1. The molecule has 140 valence electrons. The number of anilines is 1. The first kappa shape index (κ1) is 17.9. The highest BCUT2D eigenvalue weighted by molar-refractivity contribution is 6.37. The Labute approximate surface area is 161 Å². The molecule has 2 aromatic rings. The molecule has 1 saturated carbocycles. The third kappa shape index (κ3) is 2.80. The number of halogens is 4. The van der Waals surface area contributed by atoms with Gasteiger partial charge in [-0.3, -0.25) is 14.9 Å². The molecule has 0 unspecified atom stereocenters. The lowest BCUT2D eigenvalue weighted by molar-refractivity contribution is -0.384. The largest absolute Gasteiger partial charge is 0.454 e. The fourth-order valence-corrected chi connectivity index (χ4v) is 4.06. The third-order valence-electron chi connectivity index (χ3n) is 4.72. The van der Waals surface area contributed by atoms with Crippen molar-refractivity contribution in [3.8, 4) is 11.5 Å². The quantitative estimate of drug-likeness (QED) is 0.544. The van der Waals surface area contributed by atoms with Gasteiger partial charge in [0, 0.05) is 30.7 Å². The number of carbonyl (C=O) groups is 1. The number of benzene rings is 2. The van der Waals surface area contributed by atoms with Gasteiger partial charge in [-0.1, -0.05) is 23.2 Å². The Morgan fingerprint density at radius 3 is 2.33 bits per heavy atom. The molecule has 0 bridgehead atoms. The van der Waals surface area contributed by atoms with Gasteiger partial charge in [0.25, 0.3) is 11.6 Å². The zero-order chi connectivity index (χ0) is 19.6. The van der Waals surface area contributed by atoms with Crippen LogP contribution in [-0.2, 0) is 10.2 Å². The van der Waals surface area contributed by atoms with Crippen LogP contribution in [0.4, 0.5) is 20.2 Å². The van der Waals surface area contributed by atoms with E-state index in [9.17, 15) is 23.7 Å². The number of rotatable bonds is 3. The van der Waals surface area contributed by atoms with E-state index in [1.54, 1.807) is 6.07 Å². The molecule has 1 aliphatic carbocycles. The number of alkyl halides is 2. The molecule has 0 atom stereocenters. The van der Waals surface area contributed by atoms with E-state index in [-0.39, 0.29) is 27.2 Å². The van der Waals surface area contributed by atoms with E-state index < -0.39 is 35.0 Å². The molecule has 1 fully saturated rings. The molecule has 1 heterocycles. The molecule has 2 aromatic carbocycles. The Hall–Kier alpha value is -2.45. The standard InChI is InChI=1S/C17H10Cl2F2N2O4/c18-11-3-8(23(25)26)4-12(19)14(11)27-9-1-2-13-10(5-9)16(15(24)22-13)6-17(20,21)7-16/h1-5H,6-7H2,(H,22,24). The van der Waals surface area contributed by atoms with Crippen LogP contribution in [0.25, 0.3) is 0 Å². The first-order valence-corrected chi connectivity index (χ1v) is 8.52. The average molecular weight is 415 g/mol. The lowest BCUT2D eigenvalue weighted by Crippen LogP contribution is -2.53. The summed E-state index contributed by atoms with van der Waals surface area (Å²) in [5.74, 6) is -3.14. The van der Waals surface area contributed by atoms with Crippen LogP contribution in [-0.4, -0.2) is 16.8 Å². The first-order valence-electron chi connectivity index (χ1n) is 7.76. The summed E-state index contributed by atoms with van der Waals surface area (Å²) < 4.78 is 32.6. The second kappa shape index (κ2) is 5.77. The molecule has 1 spiro atoms. The zero-order valence-electron chi connectivity index (χ0n) is 13.4. The summed E-state index contributed by atoms with van der Waals surface area (Å²) in [4.78, 5) is 22.4. The fourth-order valence-electron chi connectivity index (χ4n) is 3.51. The minimum Gasteiger partial charge on any atom is -0.454 e. The summed E-state index contributed by atoms with van der Waals surface area (Å²) >= 11 is 12.0. The van der Waals surface area contributed by atoms with E-state index in [4.69, 9.17) is 27.9 Å². The molecule has 2 aliphatic rings. The van der Waals surface area contributed by atoms with Gasteiger partial charge >= 0.3 is 0 Å². The highest BCUT2D eigenvalue weighted by Gasteiger charge is 2.64. The number of ether oxygens (including phenoxy) is 1. The maximum atomic E-state index is 13.5. The highest BCUT2D eigenvalue weighted by atomic mass is 35.5. The molecule has 4 rings (SSSR count). The number of hydrogen-bond donors (Lipinski definition) is 1. The third-order valence-corrected chi connectivity index (χ3v) is 5.29. The van der Waals surface area contributed by atoms with Crippen molar-refractivity contribution in [1.82, 2.24) is 0 Å². The molecule has 1 amide bonds. The molecule has 0 saturated heterocycles. The lowest BCUT2D eigenvalue weighted by atomic mass is 9.62. The van der Waals surface area contributed by atoms with Gasteiger partial charge in [0.15, 0.2) is 5.75 Å². The van der Waals surface area contributed by atoms with E-state index in [0.717, 1.165) is 12.1 Å². The molecule has 6 nitrogen and oxygen atoms in total. The predicted molar refractivity (Wildman–Crippen MR) is 94.1 cm³/mol.